The molecule has 4 rings (SSSR count). The van der Waals surface area contributed by atoms with Gasteiger partial charge in [0.15, 0.2) is 0 Å². The number of methoxy groups -OCH3 is 2. The lowest BCUT2D eigenvalue weighted by atomic mass is 10.1. The lowest BCUT2D eigenvalue weighted by molar-refractivity contribution is -0.128. The number of rotatable bonds is 8. The van der Waals surface area contributed by atoms with Gasteiger partial charge in [-0.1, -0.05) is 48.5 Å². The van der Waals surface area contributed by atoms with Crippen molar-refractivity contribution < 1.29 is 23.9 Å². The number of carbonyl (C=O) groups is 3. The second-order valence-corrected chi connectivity index (χ2v) is 8.22. The lowest BCUT2D eigenvalue weighted by Gasteiger charge is -2.18. The van der Waals surface area contributed by atoms with Crippen molar-refractivity contribution in [3.63, 3.8) is 0 Å². The fraction of sp³-hybridized carbons (Fsp3) is 0.222. The van der Waals surface area contributed by atoms with Gasteiger partial charge in [-0.3, -0.25) is 14.4 Å². The van der Waals surface area contributed by atoms with Gasteiger partial charge in [-0.25, -0.2) is 0 Å². The number of likely N-dealkylation sites (tertiary alicyclic amines) is 1. The van der Waals surface area contributed by atoms with Crippen LogP contribution in [0.15, 0.2) is 72.8 Å². The Morgan fingerprint density at radius 3 is 2.06 bits per heavy atom. The molecule has 2 N–H and O–H groups in total. The van der Waals surface area contributed by atoms with E-state index >= 15 is 0 Å². The van der Waals surface area contributed by atoms with Gasteiger partial charge in [0.2, 0.25) is 11.8 Å². The smallest absolute Gasteiger partial charge is 0.255 e. The summed E-state index contributed by atoms with van der Waals surface area (Å²) in [5.41, 5.74) is 2.31. The van der Waals surface area contributed by atoms with Crippen molar-refractivity contribution in [3.8, 4) is 11.5 Å². The van der Waals surface area contributed by atoms with Crippen LogP contribution in [0.4, 0.5) is 11.4 Å². The van der Waals surface area contributed by atoms with Crippen LogP contribution in [0, 0.1) is 5.92 Å². The predicted molar refractivity (Wildman–Crippen MR) is 133 cm³/mol. The number of nitrogens with one attached hydrogen (secondary N) is 2. The summed E-state index contributed by atoms with van der Waals surface area (Å²) in [6, 6.07) is 21.7. The number of anilines is 2. The Bertz CT molecular complexity index is 1210. The van der Waals surface area contributed by atoms with Crippen LogP contribution in [-0.4, -0.2) is 43.4 Å². The molecular weight excluding hydrogens is 446 g/mol. The summed E-state index contributed by atoms with van der Waals surface area (Å²) < 4.78 is 10.9. The molecule has 3 amide bonds. The highest BCUT2D eigenvalue weighted by atomic mass is 16.5. The average molecular weight is 474 g/mol. The molecule has 1 saturated heterocycles. The van der Waals surface area contributed by atoms with Gasteiger partial charge in [-0.05, 0) is 17.7 Å². The first-order valence-corrected chi connectivity index (χ1v) is 11.2. The van der Waals surface area contributed by atoms with E-state index in [1.165, 1.54) is 14.2 Å². The van der Waals surface area contributed by atoms with E-state index in [-0.39, 0.29) is 24.1 Å². The number of benzene rings is 3. The van der Waals surface area contributed by atoms with E-state index in [1.807, 2.05) is 36.4 Å². The Kier molecular flexibility index (Phi) is 7.30. The number of nitrogens with zero attached hydrogens (tertiary/aromatic N) is 1. The van der Waals surface area contributed by atoms with Crippen molar-refractivity contribution in [2.45, 2.75) is 13.0 Å². The number of hydrogen-bond donors (Lipinski definition) is 2. The number of carbonyl (C=O) groups excluding carboxylic acids is 3. The Hall–Kier alpha value is -4.33. The third kappa shape index (κ3) is 5.60. The van der Waals surface area contributed by atoms with Gasteiger partial charge in [-0.15, -0.1) is 0 Å². The minimum absolute atomic E-state index is 0.0579. The third-order valence-electron chi connectivity index (χ3n) is 5.87. The number of hydrogen-bond acceptors (Lipinski definition) is 5. The van der Waals surface area contributed by atoms with Gasteiger partial charge >= 0.3 is 0 Å². The van der Waals surface area contributed by atoms with E-state index in [0.29, 0.717) is 41.5 Å². The van der Waals surface area contributed by atoms with Crippen molar-refractivity contribution in [1.82, 2.24) is 4.90 Å². The van der Waals surface area contributed by atoms with Crippen LogP contribution < -0.4 is 20.1 Å². The molecule has 0 spiro atoms. The van der Waals surface area contributed by atoms with Crippen LogP contribution in [0.2, 0.25) is 0 Å². The van der Waals surface area contributed by atoms with Crippen molar-refractivity contribution in [3.05, 3.63) is 83.9 Å². The molecule has 8 nitrogen and oxygen atoms in total. The minimum atomic E-state index is -0.487. The Labute approximate surface area is 203 Å². The zero-order chi connectivity index (χ0) is 24.8. The van der Waals surface area contributed by atoms with Gasteiger partial charge in [-0.2, -0.15) is 0 Å². The van der Waals surface area contributed by atoms with Crippen LogP contribution in [-0.2, 0) is 16.1 Å². The van der Waals surface area contributed by atoms with Crippen molar-refractivity contribution >= 4 is 29.1 Å². The van der Waals surface area contributed by atoms with Gasteiger partial charge in [0, 0.05) is 37.2 Å². The minimum Gasteiger partial charge on any atom is -0.494 e. The van der Waals surface area contributed by atoms with Gasteiger partial charge in [0.25, 0.3) is 5.91 Å². The molecule has 1 heterocycles. The fourth-order valence-electron chi connectivity index (χ4n) is 4.02. The molecule has 1 atom stereocenters. The molecule has 1 aliphatic heterocycles. The van der Waals surface area contributed by atoms with E-state index in [4.69, 9.17) is 9.47 Å². The molecule has 180 valence electrons. The second kappa shape index (κ2) is 10.7. The molecule has 0 bridgehead atoms. The molecule has 0 aliphatic carbocycles. The van der Waals surface area contributed by atoms with Crippen molar-refractivity contribution in [2.75, 3.05) is 31.4 Å². The zero-order valence-corrected chi connectivity index (χ0v) is 19.6. The highest BCUT2D eigenvalue weighted by Crippen LogP contribution is 2.37. The van der Waals surface area contributed by atoms with Crippen LogP contribution in [0.3, 0.4) is 0 Å². The molecule has 3 aromatic rings. The van der Waals surface area contributed by atoms with Crippen LogP contribution in [0.5, 0.6) is 11.5 Å². The normalized spacial score (nSPS) is 15.0. The maximum Gasteiger partial charge on any atom is 0.255 e. The van der Waals surface area contributed by atoms with Gasteiger partial charge in [0.05, 0.1) is 31.5 Å². The molecular formula is C27H27N3O5. The molecule has 0 unspecified atom stereocenters. The Morgan fingerprint density at radius 2 is 1.46 bits per heavy atom. The molecule has 1 fully saturated rings. The molecule has 35 heavy (non-hydrogen) atoms. The SMILES string of the molecule is COc1cc(NC(=O)[C@H]2CC(=O)N(Cc3ccccc3)C2)c(OC)cc1NC(=O)c1ccccc1. The first-order valence-electron chi connectivity index (χ1n) is 11.2. The van der Waals surface area contributed by atoms with Crippen LogP contribution in [0.25, 0.3) is 0 Å². The van der Waals surface area contributed by atoms with Gasteiger partial charge < -0.3 is 25.0 Å². The quantitative estimate of drug-likeness (QED) is 0.517. The Morgan fingerprint density at radius 1 is 0.886 bits per heavy atom. The molecule has 0 saturated carbocycles. The zero-order valence-electron chi connectivity index (χ0n) is 19.6. The molecule has 8 heteroatoms. The summed E-state index contributed by atoms with van der Waals surface area (Å²) in [5, 5.41) is 5.67. The van der Waals surface area contributed by atoms with Crippen molar-refractivity contribution in [1.29, 1.82) is 0 Å². The maximum atomic E-state index is 13.0. The predicted octanol–water partition coefficient (Wildman–Crippen LogP) is 3.94. The van der Waals surface area contributed by atoms with E-state index in [9.17, 15) is 14.4 Å². The first-order chi connectivity index (χ1) is 17.0. The summed E-state index contributed by atoms with van der Waals surface area (Å²) in [6.45, 7) is 0.806. The third-order valence-corrected chi connectivity index (χ3v) is 5.87. The Balaban J connectivity index is 1.47. The van der Waals surface area contributed by atoms with Gasteiger partial charge in [0.1, 0.15) is 11.5 Å². The fourth-order valence-corrected chi connectivity index (χ4v) is 4.02. The molecule has 0 aromatic heterocycles. The van der Waals surface area contributed by atoms with Crippen LogP contribution >= 0.6 is 0 Å². The van der Waals surface area contributed by atoms with E-state index in [2.05, 4.69) is 10.6 Å². The maximum absolute atomic E-state index is 13.0. The molecule has 0 radical (unpaired) electrons. The summed E-state index contributed by atoms with van der Waals surface area (Å²) in [7, 11) is 2.95. The van der Waals surface area contributed by atoms with E-state index in [0.717, 1.165) is 5.56 Å². The molecule has 3 aromatic carbocycles. The molecule has 1 aliphatic rings. The van der Waals surface area contributed by atoms with E-state index < -0.39 is 5.92 Å². The largest absolute Gasteiger partial charge is 0.494 e. The lowest BCUT2D eigenvalue weighted by Crippen LogP contribution is -2.28. The summed E-state index contributed by atoms with van der Waals surface area (Å²) in [4.78, 5) is 39.8. The van der Waals surface area contributed by atoms with Crippen molar-refractivity contribution in [2.24, 2.45) is 5.92 Å². The highest BCUT2D eigenvalue weighted by Gasteiger charge is 2.34. The monoisotopic (exact) mass is 473 g/mol. The number of ether oxygens (including phenoxy) is 2. The standard InChI is InChI=1S/C27H27N3O5/c1-34-23-15-22(24(35-2)14-21(23)28-26(32)19-11-7-4-8-12-19)29-27(33)20-13-25(31)30(17-20)16-18-9-5-3-6-10-18/h3-12,14-15,20H,13,16-17H2,1-2H3,(H,28,32)(H,29,33)/t20-/m0/s1. The highest BCUT2D eigenvalue weighted by molar-refractivity contribution is 6.06. The van der Waals surface area contributed by atoms with Crippen LogP contribution in [0.1, 0.15) is 22.3 Å². The summed E-state index contributed by atoms with van der Waals surface area (Å²) in [5.74, 6) is -0.412. The second-order valence-electron chi connectivity index (χ2n) is 8.22. The van der Waals surface area contributed by atoms with E-state index in [1.54, 1.807) is 41.3 Å². The summed E-state index contributed by atoms with van der Waals surface area (Å²) >= 11 is 0. The topological polar surface area (TPSA) is 97.0 Å². The average Bonchev–Trinajstić information content (AvgIpc) is 3.25. The summed E-state index contributed by atoms with van der Waals surface area (Å²) in [6.07, 6.45) is 0.142. The number of amides is 3. The first kappa shape index (κ1) is 23.8.